The number of aromatic nitrogens is 2. The molecule has 0 bridgehead atoms. The summed E-state index contributed by atoms with van der Waals surface area (Å²) in [5, 5.41) is 0.499. The molecule has 1 aliphatic heterocycles. The molecule has 0 spiro atoms. The third kappa shape index (κ3) is 2.69. The van der Waals surface area contributed by atoms with Crippen molar-refractivity contribution in [2.75, 3.05) is 13.1 Å². The Bertz CT molecular complexity index is 736. The lowest BCUT2D eigenvalue weighted by Gasteiger charge is -2.14. The van der Waals surface area contributed by atoms with Crippen LogP contribution in [0.25, 0.3) is 11.3 Å². The van der Waals surface area contributed by atoms with Crippen LogP contribution >= 0.6 is 11.6 Å². The van der Waals surface area contributed by atoms with Gasteiger partial charge >= 0.3 is 0 Å². The number of carbonyl (C=O) groups is 1. The molecule has 0 radical (unpaired) electrons. The lowest BCUT2D eigenvalue weighted by atomic mass is 10.1. The van der Waals surface area contributed by atoms with E-state index in [0.29, 0.717) is 29.4 Å². The summed E-state index contributed by atoms with van der Waals surface area (Å²) in [5.74, 6) is -0.211. The Morgan fingerprint density at radius 2 is 2.00 bits per heavy atom. The van der Waals surface area contributed by atoms with Gasteiger partial charge in [-0.05, 0) is 31.0 Å². The number of carbonyl (C=O) groups excluding carboxylic acids is 1. The molecule has 6 heteroatoms. The molecule has 0 saturated carbocycles. The zero-order valence-corrected chi connectivity index (χ0v) is 12.1. The van der Waals surface area contributed by atoms with Crippen LogP contribution in [-0.4, -0.2) is 33.9 Å². The second-order valence-electron chi connectivity index (χ2n) is 4.97. The maximum Gasteiger partial charge on any atom is 0.261 e. The van der Waals surface area contributed by atoms with E-state index in [1.807, 2.05) is 0 Å². The first-order chi connectivity index (χ1) is 10.2. The number of amides is 1. The van der Waals surface area contributed by atoms with Gasteiger partial charge in [-0.2, -0.15) is 0 Å². The Morgan fingerprint density at radius 1 is 1.24 bits per heavy atom. The van der Waals surface area contributed by atoms with Gasteiger partial charge in [0, 0.05) is 31.0 Å². The van der Waals surface area contributed by atoms with E-state index in [4.69, 9.17) is 11.6 Å². The highest BCUT2D eigenvalue weighted by Gasteiger charge is 2.22. The third-order valence-electron chi connectivity index (χ3n) is 3.59. The number of likely N-dealkylation sites (tertiary alicyclic amines) is 1. The van der Waals surface area contributed by atoms with Gasteiger partial charge in [-0.1, -0.05) is 11.6 Å². The van der Waals surface area contributed by atoms with E-state index in [1.165, 1.54) is 0 Å². The number of nitrogens with one attached hydrogen (secondary N) is 1. The Morgan fingerprint density at radius 3 is 2.67 bits per heavy atom. The summed E-state index contributed by atoms with van der Waals surface area (Å²) in [6, 6.07) is 4.89. The van der Waals surface area contributed by atoms with Crippen molar-refractivity contribution in [3.8, 4) is 11.3 Å². The average Bonchev–Trinajstić information content (AvgIpc) is 3.01. The molecule has 2 aromatic rings. The van der Waals surface area contributed by atoms with Gasteiger partial charge < -0.3 is 9.88 Å². The van der Waals surface area contributed by atoms with Gasteiger partial charge in [0.2, 0.25) is 0 Å². The third-order valence-corrected chi connectivity index (χ3v) is 3.92. The van der Waals surface area contributed by atoms with E-state index in [1.54, 1.807) is 35.5 Å². The highest BCUT2D eigenvalue weighted by atomic mass is 35.5. The highest BCUT2D eigenvalue weighted by Crippen LogP contribution is 2.24. The fourth-order valence-corrected chi connectivity index (χ4v) is 2.67. The second-order valence-corrected chi connectivity index (χ2v) is 5.38. The topological polar surface area (TPSA) is 66.1 Å². The molecule has 1 aliphatic rings. The van der Waals surface area contributed by atoms with E-state index in [2.05, 4.69) is 9.97 Å². The van der Waals surface area contributed by atoms with Crippen LogP contribution in [0.3, 0.4) is 0 Å². The number of rotatable bonds is 2. The van der Waals surface area contributed by atoms with Crippen molar-refractivity contribution in [1.82, 2.24) is 14.9 Å². The monoisotopic (exact) mass is 303 g/mol. The van der Waals surface area contributed by atoms with Crippen molar-refractivity contribution < 1.29 is 4.79 Å². The SMILES string of the molecule is O=C(c1ccc(-c2cnccc2Cl)[nH]c1=O)N1CCCC1. The van der Waals surface area contributed by atoms with E-state index in [-0.39, 0.29) is 11.5 Å². The van der Waals surface area contributed by atoms with Crippen LogP contribution in [0.1, 0.15) is 23.2 Å². The van der Waals surface area contributed by atoms with Crippen LogP contribution in [0.4, 0.5) is 0 Å². The van der Waals surface area contributed by atoms with Gasteiger partial charge in [0.1, 0.15) is 5.56 Å². The highest BCUT2D eigenvalue weighted by molar-refractivity contribution is 6.33. The molecule has 21 heavy (non-hydrogen) atoms. The summed E-state index contributed by atoms with van der Waals surface area (Å²) < 4.78 is 0. The quantitative estimate of drug-likeness (QED) is 0.926. The first-order valence-electron chi connectivity index (χ1n) is 6.79. The summed E-state index contributed by atoms with van der Waals surface area (Å²) >= 11 is 6.08. The van der Waals surface area contributed by atoms with Crippen LogP contribution in [0, 0.1) is 0 Å². The van der Waals surface area contributed by atoms with E-state index in [0.717, 1.165) is 12.8 Å². The molecule has 0 unspecified atom stereocenters. The number of halogens is 1. The molecule has 2 aromatic heterocycles. The van der Waals surface area contributed by atoms with Crippen molar-refractivity contribution in [3.05, 3.63) is 51.5 Å². The predicted octanol–water partition coefficient (Wildman–Crippen LogP) is 2.33. The molecular formula is C15H14ClN3O2. The number of nitrogens with zero attached hydrogens (tertiary/aromatic N) is 2. The molecular weight excluding hydrogens is 290 g/mol. The van der Waals surface area contributed by atoms with Crippen LogP contribution in [-0.2, 0) is 0 Å². The van der Waals surface area contributed by atoms with Gasteiger partial charge in [-0.3, -0.25) is 14.6 Å². The number of hydrogen-bond donors (Lipinski definition) is 1. The number of pyridine rings is 2. The maximum absolute atomic E-state index is 12.3. The van der Waals surface area contributed by atoms with Crippen molar-refractivity contribution in [2.24, 2.45) is 0 Å². The predicted molar refractivity (Wildman–Crippen MR) is 80.4 cm³/mol. The zero-order chi connectivity index (χ0) is 14.8. The molecule has 1 fully saturated rings. The molecule has 1 amide bonds. The average molecular weight is 304 g/mol. The minimum atomic E-state index is -0.399. The van der Waals surface area contributed by atoms with Crippen molar-refractivity contribution in [1.29, 1.82) is 0 Å². The smallest absolute Gasteiger partial charge is 0.261 e. The second kappa shape index (κ2) is 5.69. The fourth-order valence-electron chi connectivity index (χ4n) is 2.47. The summed E-state index contributed by atoms with van der Waals surface area (Å²) in [6.07, 6.45) is 5.14. The van der Waals surface area contributed by atoms with Crippen molar-refractivity contribution >= 4 is 17.5 Å². The molecule has 0 aliphatic carbocycles. The van der Waals surface area contributed by atoms with Crippen LogP contribution in [0.15, 0.2) is 35.4 Å². The van der Waals surface area contributed by atoms with E-state index >= 15 is 0 Å². The van der Waals surface area contributed by atoms with Gasteiger partial charge in [0.15, 0.2) is 0 Å². The van der Waals surface area contributed by atoms with Crippen LogP contribution < -0.4 is 5.56 Å². The van der Waals surface area contributed by atoms with Crippen molar-refractivity contribution in [2.45, 2.75) is 12.8 Å². The Hall–Kier alpha value is -2.14. The number of aromatic amines is 1. The molecule has 0 aromatic carbocycles. The Kier molecular flexibility index (Phi) is 3.75. The normalized spacial score (nSPS) is 14.4. The molecule has 1 saturated heterocycles. The maximum atomic E-state index is 12.3. The Balaban J connectivity index is 1.95. The first kappa shape index (κ1) is 13.8. The van der Waals surface area contributed by atoms with Crippen LogP contribution in [0.5, 0.6) is 0 Å². The molecule has 0 atom stereocenters. The van der Waals surface area contributed by atoms with Gasteiger partial charge in [0.05, 0.1) is 10.7 Å². The minimum absolute atomic E-state index is 0.167. The van der Waals surface area contributed by atoms with Gasteiger partial charge in [-0.25, -0.2) is 0 Å². The Labute approximate surface area is 126 Å². The minimum Gasteiger partial charge on any atom is -0.338 e. The van der Waals surface area contributed by atoms with Crippen LogP contribution in [0.2, 0.25) is 5.02 Å². The molecule has 5 nitrogen and oxygen atoms in total. The summed E-state index contributed by atoms with van der Waals surface area (Å²) in [7, 11) is 0. The summed E-state index contributed by atoms with van der Waals surface area (Å²) in [6.45, 7) is 1.43. The van der Waals surface area contributed by atoms with E-state index in [9.17, 15) is 9.59 Å². The summed E-state index contributed by atoms with van der Waals surface area (Å²) in [5.41, 5.74) is 0.956. The lowest BCUT2D eigenvalue weighted by molar-refractivity contribution is 0.0791. The first-order valence-corrected chi connectivity index (χ1v) is 7.17. The van der Waals surface area contributed by atoms with Gasteiger partial charge in [0.25, 0.3) is 11.5 Å². The van der Waals surface area contributed by atoms with Gasteiger partial charge in [-0.15, -0.1) is 0 Å². The van der Waals surface area contributed by atoms with E-state index < -0.39 is 5.56 Å². The largest absolute Gasteiger partial charge is 0.338 e. The fraction of sp³-hybridized carbons (Fsp3) is 0.267. The zero-order valence-electron chi connectivity index (χ0n) is 11.3. The van der Waals surface area contributed by atoms with Crippen molar-refractivity contribution in [3.63, 3.8) is 0 Å². The number of hydrogen-bond acceptors (Lipinski definition) is 3. The molecule has 3 rings (SSSR count). The molecule has 108 valence electrons. The molecule has 1 N–H and O–H groups in total. The standard InChI is InChI=1S/C15H14ClN3O2/c16-12-5-6-17-9-11(12)13-4-3-10(14(20)18-13)15(21)19-7-1-2-8-19/h3-6,9H,1-2,7-8H2,(H,18,20). The number of H-pyrrole nitrogens is 1. The summed E-state index contributed by atoms with van der Waals surface area (Å²) in [4.78, 5) is 32.8. The lowest BCUT2D eigenvalue weighted by Crippen LogP contribution is -2.32. The molecule has 3 heterocycles.